The Morgan fingerprint density at radius 3 is 2.00 bits per heavy atom. The van der Waals surface area contributed by atoms with Crippen LogP contribution >= 0.6 is 0 Å². The van der Waals surface area contributed by atoms with E-state index in [9.17, 15) is 0 Å². The molecule has 0 aliphatic heterocycles. The smallest absolute Gasteiger partial charge is 0.373 e. The fraction of sp³-hybridized carbons (Fsp3) is 0.321. The molecule has 200 valence electrons. The molecule has 0 unspecified atom stereocenters. The summed E-state index contributed by atoms with van der Waals surface area (Å²) in [6.45, 7) is 8.62. The lowest BCUT2D eigenvalue weighted by atomic mass is 10.2. The third-order valence-electron chi connectivity index (χ3n) is 6.18. The van der Waals surface area contributed by atoms with Crippen LogP contribution in [0.3, 0.4) is 0 Å². The quantitative estimate of drug-likeness (QED) is 0.269. The van der Waals surface area contributed by atoms with Crippen LogP contribution in [0.1, 0.15) is 6.92 Å². The molecule has 2 aromatic carbocycles. The molecule has 0 aliphatic carbocycles. The first-order chi connectivity index (χ1) is 18.3. The van der Waals surface area contributed by atoms with Crippen molar-refractivity contribution >= 4 is 28.7 Å². The van der Waals surface area contributed by atoms with E-state index in [0.29, 0.717) is 5.82 Å². The van der Waals surface area contributed by atoms with Gasteiger partial charge in [0.1, 0.15) is 17.7 Å². The van der Waals surface area contributed by atoms with E-state index in [0.717, 1.165) is 48.3 Å². The Morgan fingerprint density at radius 1 is 0.921 bits per heavy atom. The van der Waals surface area contributed by atoms with Crippen LogP contribution in [0.25, 0.3) is 0 Å². The summed E-state index contributed by atoms with van der Waals surface area (Å²) >= 11 is 0. The molecule has 0 spiro atoms. The van der Waals surface area contributed by atoms with Gasteiger partial charge in [0.2, 0.25) is 0 Å². The van der Waals surface area contributed by atoms with Crippen LogP contribution in [0.2, 0.25) is 0 Å². The van der Waals surface area contributed by atoms with Crippen LogP contribution in [-0.4, -0.2) is 50.7 Å². The second-order valence-corrected chi connectivity index (χ2v) is 8.97. The molecule has 3 aromatic rings. The van der Waals surface area contributed by atoms with Crippen LogP contribution in [0, 0.1) is 0 Å². The first-order valence-corrected chi connectivity index (χ1v) is 12.7. The van der Waals surface area contributed by atoms with E-state index >= 15 is 0 Å². The topological polar surface area (TPSA) is 84.6 Å². The predicted molar refractivity (Wildman–Crippen MR) is 153 cm³/mol. The van der Waals surface area contributed by atoms with Gasteiger partial charge in [-0.25, -0.2) is 9.13 Å². The lowest BCUT2D eigenvalue weighted by Gasteiger charge is -2.25. The highest BCUT2D eigenvalue weighted by Gasteiger charge is 2.12. The molecule has 0 saturated carbocycles. The average Bonchev–Trinajstić information content (AvgIpc) is 3.31. The van der Waals surface area contributed by atoms with Gasteiger partial charge in [-0.2, -0.15) is 0 Å². The van der Waals surface area contributed by atoms with Crippen molar-refractivity contribution in [2.24, 2.45) is 27.5 Å². The van der Waals surface area contributed by atoms with E-state index in [1.165, 1.54) is 0 Å². The number of hydrogen-bond donors (Lipinski definition) is 1. The number of azo groups is 2. The second kappa shape index (κ2) is 13.8. The number of aryl methyl sites for hydroxylation is 2. The standard InChI is InChI=1S/C28H39N10/c1-8-38-22-21-37(7)28(38)33-32-25-11-15-27(16-12-25)36(6)20-19-35(5)26-13-9-24(10-14-26)31-30-23(2)34(4)18-17-29-3/h9-18,21-22,29H,2,8,19-20H2,1,3-7H3/q+1/p+1/b18-17-,31-30?. The average molecular weight is 517 g/mol. The molecule has 0 amide bonds. The van der Waals surface area contributed by atoms with E-state index in [-0.39, 0.29) is 0 Å². The van der Waals surface area contributed by atoms with Gasteiger partial charge in [-0.15, -0.1) is 10.2 Å². The molecule has 0 bridgehead atoms. The zero-order valence-electron chi connectivity index (χ0n) is 23.4. The predicted octanol–water partition coefficient (Wildman–Crippen LogP) is 4.47. The number of nitrogens with zero attached hydrogens (tertiary/aromatic N) is 9. The maximum absolute atomic E-state index is 4.43. The Kier molecular flexibility index (Phi) is 10.3. The minimum Gasteiger partial charge on any atom is -0.373 e. The minimum absolute atomic E-state index is 0.573. The summed E-state index contributed by atoms with van der Waals surface area (Å²) < 4.78 is 4.02. The van der Waals surface area contributed by atoms with Gasteiger partial charge in [0.05, 0.1) is 44.9 Å². The Labute approximate surface area is 225 Å². The van der Waals surface area contributed by atoms with Crippen molar-refractivity contribution < 1.29 is 9.88 Å². The summed E-state index contributed by atoms with van der Waals surface area (Å²) in [4.78, 5) is 6.28. The van der Waals surface area contributed by atoms with Gasteiger partial charge in [0, 0.05) is 50.7 Å². The highest BCUT2D eigenvalue weighted by atomic mass is 15.3. The van der Waals surface area contributed by atoms with Gasteiger partial charge in [0.25, 0.3) is 0 Å². The van der Waals surface area contributed by atoms with Crippen LogP contribution in [0.15, 0.2) is 106 Å². The Balaban J connectivity index is 1.51. The zero-order valence-corrected chi connectivity index (χ0v) is 23.4. The van der Waals surface area contributed by atoms with Crippen LogP contribution in [0.5, 0.6) is 0 Å². The maximum Gasteiger partial charge on any atom is 0.421 e. The molecule has 10 nitrogen and oxygen atoms in total. The highest BCUT2D eigenvalue weighted by Crippen LogP contribution is 2.22. The minimum atomic E-state index is 0.573. The Morgan fingerprint density at radius 2 is 1.47 bits per heavy atom. The summed E-state index contributed by atoms with van der Waals surface area (Å²) in [5, 5.41) is 19.3. The van der Waals surface area contributed by atoms with Gasteiger partial charge in [-0.05, 0) is 55.5 Å². The van der Waals surface area contributed by atoms with Gasteiger partial charge < -0.3 is 20.0 Å². The summed E-state index contributed by atoms with van der Waals surface area (Å²) in [5.74, 6) is 1.40. The first kappa shape index (κ1) is 28.3. The number of hydrogen-bond acceptors (Lipinski definition) is 7. The number of nitrogens with two attached hydrogens (primary N) is 1. The Bertz CT molecular complexity index is 1260. The van der Waals surface area contributed by atoms with Gasteiger partial charge in [-0.3, -0.25) is 0 Å². The zero-order chi connectivity index (χ0) is 27.5. The molecule has 2 N–H and O–H groups in total. The number of likely N-dealkylation sites (N-methyl/N-ethyl adjacent to an activating group) is 2. The molecule has 3 rings (SSSR count). The molecule has 0 saturated heterocycles. The molecule has 1 aromatic heterocycles. The normalized spacial score (nSPS) is 11.6. The largest absolute Gasteiger partial charge is 0.421 e. The van der Waals surface area contributed by atoms with Crippen molar-refractivity contribution in [1.82, 2.24) is 9.47 Å². The maximum atomic E-state index is 4.43. The lowest BCUT2D eigenvalue weighted by Crippen LogP contribution is -2.72. The van der Waals surface area contributed by atoms with E-state index < -0.39 is 0 Å². The fourth-order valence-corrected chi connectivity index (χ4v) is 3.59. The van der Waals surface area contributed by atoms with Crippen LogP contribution < -0.4 is 19.7 Å². The number of quaternary nitrogens is 1. The first-order valence-electron chi connectivity index (χ1n) is 12.7. The summed E-state index contributed by atoms with van der Waals surface area (Å²) in [5.41, 5.74) is 3.86. The van der Waals surface area contributed by atoms with E-state index in [1.807, 2.05) is 85.0 Å². The summed E-state index contributed by atoms with van der Waals surface area (Å²) in [6.07, 6.45) is 7.81. The highest BCUT2D eigenvalue weighted by molar-refractivity contribution is 5.54. The fourth-order valence-electron chi connectivity index (χ4n) is 3.59. The van der Waals surface area contributed by atoms with E-state index in [2.05, 4.69) is 86.7 Å². The van der Waals surface area contributed by atoms with Crippen molar-refractivity contribution in [1.29, 1.82) is 0 Å². The number of aromatic nitrogens is 2. The lowest BCUT2D eigenvalue weighted by molar-refractivity contribution is -0.657. The van der Waals surface area contributed by atoms with E-state index in [1.54, 1.807) is 0 Å². The molecule has 0 atom stereocenters. The number of anilines is 2. The van der Waals surface area contributed by atoms with Crippen molar-refractivity contribution in [3.05, 3.63) is 85.7 Å². The molecule has 0 aliphatic rings. The second-order valence-electron chi connectivity index (χ2n) is 8.97. The molecule has 0 radical (unpaired) electrons. The monoisotopic (exact) mass is 516 g/mol. The van der Waals surface area contributed by atoms with Gasteiger partial charge >= 0.3 is 5.95 Å². The Hall–Kier alpha value is -4.31. The summed E-state index contributed by atoms with van der Waals surface area (Å²) in [6, 6.07) is 16.2. The van der Waals surface area contributed by atoms with Crippen molar-refractivity contribution in [3.63, 3.8) is 0 Å². The third kappa shape index (κ3) is 7.84. The van der Waals surface area contributed by atoms with E-state index in [4.69, 9.17) is 0 Å². The van der Waals surface area contributed by atoms with Crippen molar-refractivity contribution in [3.8, 4) is 0 Å². The molecule has 0 fully saturated rings. The van der Waals surface area contributed by atoms with Gasteiger partial charge in [-0.1, -0.05) is 11.7 Å². The van der Waals surface area contributed by atoms with Crippen molar-refractivity contribution in [2.45, 2.75) is 13.5 Å². The van der Waals surface area contributed by atoms with Crippen molar-refractivity contribution in [2.75, 3.05) is 51.1 Å². The molecular weight excluding hydrogens is 476 g/mol. The summed E-state index contributed by atoms with van der Waals surface area (Å²) in [7, 11) is 10.0. The third-order valence-corrected chi connectivity index (χ3v) is 6.18. The molecule has 1 heterocycles. The SMILES string of the molecule is C=C(N=Nc1ccc(N(C)CCN(C)c2ccc(N=Nc3n(CC)cc[n+]3C)cc2)cc1)N(C)/C=C\[NH2+]C. The molecular formula is C28H40N10+2. The van der Waals surface area contributed by atoms with Crippen LogP contribution in [0.4, 0.5) is 28.7 Å². The number of imidazole rings is 1. The van der Waals surface area contributed by atoms with Gasteiger partial charge in [0.15, 0.2) is 0 Å². The number of benzene rings is 2. The van der Waals surface area contributed by atoms with Crippen LogP contribution in [-0.2, 0) is 13.6 Å². The molecule has 10 heteroatoms. The number of rotatable bonds is 13. The molecule has 38 heavy (non-hydrogen) atoms.